The summed E-state index contributed by atoms with van der Waals surface area (Å²) in [7, 11) is 0. The Bertz CT molecular complexity index is 968. The third-order valence-electron chi connectivity index (χ3n) is 5.44. The lowest BCUT2D eigenvalue weighted by Gasteiger charge is -2.26. The maximum Gasteiger partial charge on any atom is 0.260 e. The number of aromatic nitrogens is 1. The van der Waals surface area contributed by atoms with Gasteiger partial charge in [0.1, 0.15) is 11.4 Å². The quantitative estimate of drug-likeness (QED) is 0.614. The van der Waals surface area contributed by atoms with Gasteiger partial charge in [0, 0.05) is 29.8 Å². The van der Waals surface area contributed by atoms with Crippen LogP contribution >= 0.6 is 0 Å². The predicted molar refractivity (Wildman–Crippen MR) is 113 cm³/mol. The standard InChI is InChI=1S/C24H26N2O3/c1-17-6-8-20(9-7-17)24-18(2)23(25-29-24)19-10-12-21(13-11-19)28-16-22(27)26-14-4-3-5-15-26/h6-13H,3-5,14-16H2,1-2H3. The molecule has 0 aliphatic carbocycles. The number of aryl methyl sites for hydroxylation is 1. The molecule has 5 nitrogen and oxygen atoms in total. The zero-order chi connectivity index (χ0) is 20.2. The number of hydrogen-bond acceptors (Lipinski definition) is 4. The first-order valence-electron chi connectivity index (χ1n) is 10.2. The fourth-order valence-electron chi connectivity index (χ4n) is 3.67. The van der Waals surface area contributed by atoms with E-state index in [1.54, 1.807) is 0 Å². The monoisotopic (exact) mass is 390 g/mol. The normalized spacial score (nSPS) is 14.1. The molecule has 3 aromatic rings. The number of ether oxygens (including phenoxy) is 1. The van der Waals surface area contributed by atoms with Crippen molar-refractivity contribution in [3.05, 3.63) is 59.7 Å². The van der Waals surface area contributed by atoms with Crippen LogP contribution in [0.3, 0.4) is 0 Å². The summed E-state index contributed by atoms with van der Waals surface area (Å²) in [6.07, 6.45) is 3.38. The molecule has 1 amide bonds. The molecule has 0 radical (unpaired) electrons. The third kappa shape index (κ3) is 4.34. The Balaban J connectivity index is 1.43. The van der Waals surface area contributed by atoms with E-state index in [4.69, 9.17) is 9.26 Å². The Morgan fingerprint density at radius 2 is 1.62 bits per heavy atom. The van der Waals surface area contributed by atoms with Crippen LogP contribution < -0.4 is 4.74 Å². The lowest BCUT2D eigenvalue weighted by molar-refractivity contribution is -0.134. The highest BCUT2D eigenvalue weighted by Crippen LogP contribution is 2.32. The molecule has 2 aromatic carbocycles. The fourth-order valence-corrected chi connectivity index (χ4v) is 3.67. The topological polar surface area (TPSA) is 55.6 Å². The first-order valence-corrected chi connectivity index (χ1v) is 10.2. The van der Waals surface area contributed by atoms with Gasteiger partial charge in [0.05, 0.1) is 0 Å². The van der Waals surface area contributed by atoms with Crippen LogP contribution in [0.5, 0.6) is 5.75 Å². The molecule has 0 saturated carbocycles. The van der Waals surface area contributed by atoms with Gasteiger partial charge in [0.25, 0.3) is 5.91 Å². The van der Waals surface area contributed by atoms with Crippen LogP contribution in [0, 0.1) is 13.8 Å². The first kappa shape index (κ1) is 19.2. The van der Waals surface area contributed by atoms with Crippen LogP contribution in [0.2, 0.25) is 0 Å². The Morgan fingerprint density at radius 3 is 2.31 bits per heavy atom. The van der Waals surface area contributed by atoms with Crippen LogP contribution in [0.15, 0.2) is 53.1 Å². The fraction of sp³-hybridized carbons (Fsp3) is 0.333. The van der Waals surface area contributed by atoms with Gasteiger partial charge >= 0.3 is 0 Å². The highest BCUT2D eigenvalue weighted by Gasteiger charge is 2.18. The summed E-state index contributed by atoms with van der Waals surface area (Å²) in [6.45, 7) is 5.85. The minimum absolute atomic E-state index is 0.0591. The molecule has 1 aromatic heterocycles. The predicted octanol–water partition coefficient (Wildman–Crippen LogP) is 5.02. The van der Waals surface area contributed by atoms with Crippen molar-refractivity contribution in [1.29, 1.82) is 0 Å². The van der Waals surface area contributed by atoms with Crippen LogP contribution in [0.4, 0.5) is 0 Å². The van der Waals surface area contributed by atoms with Gasteiger partial charge in [0.2, 0.25) is 0 Å². The molecule has 150 valence electrons. The molecule has 4 rings (SSSR count). The van der Waals surface area contributed by atoms with Crippen LogP contribution in [-0.2, 0) is 4.79 Å². The lowest BCUT2D eigenvalue weighted by atomic mass is 10.0. The Morgan fingerprint density at radius 1 is 0.966 bits per heavy atom. The number of piperidine rings is 1. The summed E-state index contributed by atoms with van der Waals surface area (Å²) >= 11 is 0. The highest BCUT2D eigenvalue weighted by atomic mass is 16.5. The number of amides is 1. The van der Waals surface area contributed by atoms with E-state index in [9.17, 15) is 4.79 Å². The number of carbonyl (C=O) groups is 1. The van der Waals surface area contributed by atoms with E-state index in [2.05, 4.69) is 24.2 Å². The van der Waals surface area contributed by atoms with Gasteiger partial charge in [-0.05, 0) is 57.4 Å². The second-order valence-electron chi connectivity index (χ2n) is 7.61. The maximum absolute atomic E-state index is 12.2. The van der Waals surface area contributed by atoms with Crippen molar-refractivity contribution in [3.63, 3.8) is 0 Å². The minimum atomic E-state index is 0.0591. The summed E-state index contributed by atoms with van der Waals surface area (Å²) in [5.74, 6) is 1.52. The molecule has 2 heterocycles. The number of benzene rings is 2. The molecular weight excluding hydrogens is 364 g/mol. The molecule has 0 atom stereocenters. The number of rotatable bonds is 5. The van der Waals surface area contributed by atoms with Gasteiger partial charge in [-0.15, -0.1) is 0 Å². The van der Waals surface area contributed by atoms with Crippen molar-refractivity contribution in [2.24, 2.45) is 0 Å². The largest absolute Gasteiger partial charge is 0.484 e. The second-order valence-corrected chi connectivity index (χ2v) is 7.61. The number of nitrogens with zero attached hydrogens (tertiary/aromatic N) is 2. The van der Waals surface area contributed by atoms with Gasteiger partial charge in [-0.25, -0.2) is 0 Å². The number of likely N-dealkylation sites (tertiary alicyclic amines) is 1. The van der Waals surface area contributed by atoms with E-state index in [1.165, 1.54) is 12.0 Å². The van der Waals surface area contributed by atoms with Gasteiger partial charge in [0.15, 0.2) is 12.4 Å². The van der Waals surface area contributed by atoms with Gasteiger partial charge in [-0.3, -0.25) is 4.79 Å². The van der Waals surface area contributed by atoms with E-state index < -0.39 is 0 Å². The van der Waals surface area contributed by atoms with Crippen molar-refractivity contribution in [3.8, 4) is 28.3 Å². The second kappa shape index (κ2) is 8.52. The molecule has 1 aliphatic rings. The Kier molecular flexibility index (Phi) is 5.65. The molecular formula is C24H26N2O3. The lowest BCUT2D eigenvalue weighted by Crippen LogP contribution is -2.38. The molecule has 1 aliphatic heterocycles. The van der Waals surface area contributed by atoms with Crippen molar-refractivity contribution in [2.75, 3.05) is 19.7 Å². The van der Waals surface area contributed by atoms with E-state index in [1.807, 2.05) is 48.2 Å². The summed E-state index contributed by atoms with van der Waals surface area (Å²) in [4.78, 5) is 14.1. The summed E-state index contributed by atoms with van der Waals surface area (Å²) in [5.41, 5.74) is 5.00. The average molecular weight is 390 g/mol. The van der Waals surface area contributed by atoms with E-state index >= 15 is 0 Å². The van der Waals surface area contributed by atoms with Crippen molar-refractivity contribution in [1.82, 2.24) is 10.1 Å². The third-order valence-corrected chi connectivity index (χ3v) is 5.44. The number of carbonyl (C=O) groups excluding carboxylic acids is 1. The molecule has 0 unspecified atom stereocenters. The Hall–Kier alpha value is -3.08. The summed E-state index contributed by atoms with van der Waals surface area (Å²) < 4.78 is 11.3. The van der Waals surface area contributed by atoms with E-state index in [-0.39, 0.29) is 12.5 Å². The SMILES string of the molecule is Cc1ccc(-c2onc(-c3ccc(OCC(=O)N4CCCCC4)cc3)c2C)cc1. The zero-order valence-electron chi connectivity index (χ0n) is 17.0. The van der Waals surface area contributed by atoms with Crippen LogP contribution in [-0.4, -0.2) is 35.7 Å². The van der Waals surface area contributed by atoms with Crippen molar-refractivity contribution < 1.29 is 14.1 Å². The van der Waals surface area contributed by atoms with Crippen LogP contribution in [0.1, 0.15) is 30.4 Å². The molecule has 0 N–H and O–H groups in total. The van der Waals surface area contributed by atoms with Crippen LogP contribution in [0.25, 0.3) is 22.6 Å². The highest BCUT2D eigenvalue weighted by molar-refractivity contribution is 5.78. The molecule has 0 spiro atoms. The van der Waals surface area contributed by atoms with Crippen molar-refractivity contribution >= 4 is 5.91 Å². The van der Waals surface area contributed by atoms with Gasteiger partial charge in [-0.2, -0.15) is 0 Å². The Labute approximate surface area is 171 Å². The summed E-state index contributed by atoms with van der Waals surface area (Å²) in [5, 5.41) is 4.27. The van der Waals surface area contributed by atoms with Gasteiger partial charge in [-0.1, -0.05) is 35.0 Å². The first-order chi connectivity index (χ1) is 14.1. The van der Waals surface area contributed by atoms with E-state index in [0.29, 0.717) is 5.75 Å². The average Bonchev–Trinajstić information content (AvgIpc) is 3.15. The van der Waals surface area contributed by atoms with Crippen molar-refractivity contribution in [2.45, 2.75) is 33.1 Å². The molecule has 1 saturated heterocycles. The minimum Gasteiger partial charge on any atom is -0.484 e. The molecule has 5 heteroatoms. The zero-order valence-corrected chi connectivity index (χ0v) is 17.0. The summed E-state index contributed by atoms with van der Waals surface area (Å²) in [6, 6.07) is 15.9. The van der Waals surface area contributed by atoms with Gasteiger partial charge < -0.3 is 14.2 Å². The molecule has 1 fully saturated rings. The smallest absolute Gasteiger partial charge is 0.260 e. The van der Waals surface area contributed by atoms with E-state index in [0.717, 1.165) is 54.1 Å². The molecule has 29 heavy (non-hydrogen) atoms. The number of hydrogen-bond donors (Lipinski definition) is 0. The molecule has 0 bridgehead atoms. The maximum atomic E-state index is 12.2.